The fourth-order valence-electron chi connectivity index (χ4n) is 2.85. The van der Waals surface area contributed by atoms with E-state index < -0.39 is 0 Å². The van der Waals surface area contributed by atoms with Crippen molar-refractivity contribution in [1.29, 1.82) is 0 Å². The summed E-state index contributed by atoms with van der Waals surface area (Å²) >= 11 is 9.52. The first-order chi connectivity index (χ1) is 10.6. The normalized spacial score (nSPS) is 15.9. The van der Waals surface area contributed by atoms with Gasteiger partial charge in [-0.2, -0.15) is 0 Å². The fraction of sp³-hybridized carbons (Fsp3) is 0.375. The third kappa shape index (κ3) is 3.36. The average molecular weight is 382 g/mol. The molecule has 0 bridgehead atoms. The molecule has 0 saturated carbocycles. The van der Waals surface area contributed by atoms with E-state index in [0.29, 0.717) is 11.1 Å². The molecule has 0 spiro atoms. The molecule has 0 aliphatic carbocycles. The van der Waals surface area contributed by atoms with Crippen molar-refractivity contribution in [3.63, 3.8) is 0 Å². The van der Waals surface area contributed by atoms with Gasteiger partial charge in [-0.1, -0.05) is 17.7 Å². The van der Waals surface area contributed by atoms with Crippen LogP contribution in [0.1, 0.15) is 12.8 Å². The highest BCUT2D eigenvalue weighted by Crippen LogP contribution is 2.29. The summed E-state index contributed by atoms with van der Waals surface area (Å²) in [7, 11) is 2.12. The zero-order chi connectivity index (χ0) is 15.5. The number of aromatic nitrogens is 2. The Bertz CT molecular complexity index is 629. The van der Waals surface area contributed by atoms with Crippen LogP contribution in [0.5, 0.6) is 0 Å². The Labute approximate surface area is 144 Å². The molecule has 0 aromatic carbocycles. The van der Waals surface area contributed by atoms with Crippen LogP contribution >= 0.6 is 27.5 Å². The molecule has 1 fully saturated rings. The predicted molar refractivity (Wildman–Crippen MR) is 94.8 cm³/mol. The number of nitrogens with zero attached hydrogens (tertiary/aromatic N) is 4. The Morgan fingerprint density at radius 1 is 1.27 bits per heavy atom. The van der Waals surface area contributed by atoms with E-state index in [2.05, 4.69) is 48.8 Å². The van der Waals surface area contributed by atoms with Gasteiger partial charge in [-0.05, 0) is 47.0 Å². The predicted octanol–water partition coefficient (Wildman–Crippen LogP) is 4.00. The van der Waals surface area contributed by atoms with Crippen molar-refractivity contribution in [3.8, 4) is 0 Å². The Morgan fingerprint density at radius 2 is 2.05 bits per heavy atom. The van der Waals surface area contributed by atoms with Crippen LogP contribution in [0.2, 0.25) is 5.02 Å². The van der Waals surface area contributed by atoms with Crippen molar-refractivity contribution in [2.75, 3.05) is 29.9 Å². The molecule has 0 unspecified atom stereocenters. The highest BCUT2D eigenvalue weighted by Gasteiger charge is 2.24. The summed E-state index contributed by atoms with van der Waals surface area (Å²) in [5.41, 5.74) is 0. The van der Waals surface area contributed by atoms with Gasteiger partial charge in [0.25, 0.3) is 0 Å². The van der Waals surface area contributed by atoms with E-state index in [1.807, 2.05) is 24.4 Å². The van der Waals surface area contributed by atoms with Gasteiger partial charge in [-0.15, -0.1) is 0 Å². The molecule has 0 N–H and O–H groups in total. The first kappa shape index (κ1) is 15.6. The average Bonchev–Trinajstić information content (AvgIpc) is 2.55. The van der Waals surface area contributed by atoms with Gasteiger partial charge < -0.3 is 9.80 Å². The van der Waals surface area contributed by atoms with Gasteiger partial charge in [0.15, 0.2) is 0 Å². The molecular formula is C16H18BrClN4. The van der Waals surface area contributed by atoms with Crippen LogP contribution in [-0.2, 0) is 0 Å². The molecule has 1 saturated heterocycles. The van der Waals surface area contributed by atoms with Crippen molar-refractivity contribution in [1.82, 2.24) is 9.97 Å². The fourth-order valence-corrected chi connectivity index (χ4v) is 3.74. The minimum absolute atomic E-state index is 0.511. The van der Waals surface area contributed by atoms with Crippen molar-refractivity contribution in [2.24, 2.45) is 0 Å². The Balaban J connectivity index is 1.65. The molecule has 3 rings (SSSR count). The minimum Gasteiger partial charge on any atom is -0.357 e. The maximum Gasteiger partial charge on any atom is 0.142 e. The van der Waals surface area contributed by atoms with E-state index in [1.54, 1.807) is 6.20 Å². The molecule has 116 valence electrons. The number of pyridine rings is 2. The van der Waals surface area contributed by atoms with Crippen LogP contribution in [0.25, 0.3) is 0 Å². The minimum atomic E-state index is 0.511. The smallest absolute Gasteiger partial charge is 0.142 e. The van der Waals surface area contributed by atoms with Gasteiger partial charge in [-0.25, -0.2) is 9.97 Å². The molecule has 4 nitrogen and oxygen atoms in total. The van der Waals surface area contributed by atoms with Gasteiger partial charge >= 0.3 is 0 Å². The second kappa shape index (κ2) is 6.84. The zero-order valence-corrected chi connectivity index (χ0v) is 14.8. The first-order valence-electron chi connectivity index (χ1n) is 7.35. The van der Waals surface area contributed by atoms with E-state index in [0.717, 1.165) is 42.0 Å². The van der Waals surface area contributed by atoms with Crippen molar-refractivity contribution in [2.45, 2.75) is 18.9 Å². The molecule has 0 radical (unpaired) electrons. The zero-order valence-electron chi connectivity index (χ0n) is 12.4. The number of hydrogen-bond donors (Lipinski definition) is 0. The second-order valence-electron chi connectivity index (χ2n) is 5.48. The molecule has 22 heavy (non-hydrogen) atoms. The summed E-state index contributed by atoms with van der Waals surface area (Å²) < 4.78 is 0.955. The molecule has 1 aliphatic rings. The lowest BCUT2D eigenvalue weighted by Crippen LogP contribution is -2.44. The summed E-state index contributed by atoms with van der Waals surface area (Å²) in [6.07, 6.45) is 5.72. The van der Waals surface area contributed by atoms with Gasteiger partial charge in [0.1, 0.15) is 11.6 Å². The third-order valence-corrected chi connectivity index (χ3v) is 4.90. The Morgan fingerprint density at radius 3 is 2.68 bits per heavy atom. The molecule has 1 aliphatic heterocycles. The molecule has 0 amide bonds. The Kier molecular flexibility index (Phi) is 4.84. The van der Waals surface area contributed by atoms with Crippen LogP contribution in [-0.4, -0.2) is 36.1 Å². The second-order valence-corrected chi connectivity index (χ2v) is 6.77. The summed E-state index contributed by atoms with van der Waals surface area (Å²) in [5.74, 6) is 2.01. The number of anilines is 2. The third-order valence-electron chi connectivity index (χ3n) is 4.11. The number of piperidine rings is 1. The van der Waals surface area contributed by atoms with E-state index in [1.165, 1.54) is 0 Å². The molecule has 0 atom stereocenters. The van der Waals surface area contributed by atoms with Crippen LogP contribution in [0.3, 0.4) is 0 Å². The summed E-state index contributed by atoms with van der Waals surface area (Å²) in [6, 6.07) is 8.45. The highest BCUT2D eigenvalue weighted by molar-refractivity contribution is 9.10. The summed E-state index contributed by atoms with van der Waals surface area (Å²) in [5, 5.41) is 0.653. The van der Waals surface area contributed by atoms with Crippen LogP contribution in [0.15, 0.2) is 41.1 Å². The quantitative estimate of drug-likeness (QED) is 0.804. The van der Waals surface area contributed by atoms with E-state index >= 15 is 0 Å². The number of hydrogen-bond acceptors (Lipinski definition) is 4. The van der Waals surface area contributed by atoms with E-state index in [4.69, 9.17) is 11.6 Å². The lowest BCUT2D eigenvalue weighted by atomic mass is 10.0. The standard InChI is InChI=1S/C16H18BrClN4/c1-21(15-4-2-3-7-19-15)13-5-8-22(9-6-13)16-14(17)10-12(18)11-20-16/h2-4,7,10-11,13H,5-6,8-9H2,1H3. The van der Waals surface area contributed by atoms with Crippen molar-refractivity contribution in [3.05, 3.63) is 46.2 Å². The van der Waals surface area contributed by atoms with Gasteiger partial charge in [0.05, 0.1) is 9.50 Å². The lowest BCUT2D eigenvalue weighted by Gasteiger charge is -2.38. The number of halogens is 2. The van der Waals surface area contributed by atoms with Crippen LogP contribution in [0, 0.1) is 0 Å². The SMILES string of the molecule is CN(c1ccccn1)C1CCN(c2ncc(Cl)cc2Br)CC1. The van der Waals surface area contributed by atoms with Crippen molar-refractivity contribution < 1.29 is 0 Å². The molecule has 2 aromatic heterocycles. The molecule has 3 heterocycles. The monoisotopic (exact) mass is 380 g/mol. The maximum atomic E-state index is 5.96. The topological polar surface area (TPSA) is 32.3 Å². The van der Waals surface area contributed by atoms with E-state index in [-0.39, 0.29) is 0 Å². The maximum absolute atomic E-state index is 5.96. The summed E-state index contributed by atoms with van der Waals surface area (Å²) in [4.78, 5) is 13.5. The van der Waals surface area contributed by atoms with E-state index in [9.17, 15) is 0 Å². The molecular weight excluding hydrogens is 364 g/mol. The molecule has 6 heteroatoms. The Hall–Kier alpha value is -1.33. The van der Waals surface area contributed by atoms with Gasteiger partial charge in [0, 0.05) is 38.6 Å². The lowest BCUT2D eigenvalue weighted by molar-refractivity contribution is 0.478. The van der Waals surface area contributed by atoms with Crippen molar-refractivity contribution >= 4 is 39.2 Å². The number of rotatable bonds is 3. The van der Waals surface area contributed by atoms with Crippen LogP contribution < -0.4 is 9.80 Å². The largest absolute Gasteiger partial charge is 0.357 e. The highest BCUT2D eigenvalue weighted by atomic mass is 79.9. The van der Waals surface area contributed by atoms with Crippen LogP contribution in [0.4, 0.5) is 11.6 Å². The first-order valence-corrected chi connectivity index (χ1v) is 8.52. The van der Waals surface area contributed by atoms with Gasteiger partial charge in [-0.3, -0.25) is 0 Å². The molecule has 2 aromatic rings. The van der Waals surface area contributed by atoms with Gasteiger partial charge in [0.2, 0.25) is 0 Å². The summed E-state index contributed by atoms with van der Waals surface area (Å²) in [6.45, 7) is 1.96.